The number of ketones is 1. The first-order valence-electron chi connectivity index (χ1n) is 9.14. The molecule has 6 heteroatoms. The van der Waals surface area contributed by atoms with Crippen LogP contribution in [-0.4, -0.2) is 26.8 Å². The van der Waals surface area contributed by atoms with Crippen LogP contribution in [0.5, 0.6) is 28.7 Å². The molecule has 2 aliphatic heterocycles. The van der Waals surface area contributed by atoms with Gasteiger partial charge in [0.2, 0.25) is 6.79 Å². The molecule has 0 saturated heterocycles. The summed E-state index contributed by atoms with van der Waals surface area (Å²) in [6.07, 6.45) is 0. The Morgan fingerprint density at radius 3 is 2.34 bits per heavy atom. The second kappa shape index (κ2) is 6.74. The van der Waals surface area contributed by atoms with E-state index in [0.29, 0.717) is 39.9 Å². The molecule has 6 nitrogen and oxygen atoms in total. The van der Waals surface area contributed by atoms with E-state index in [0.717, 1.165) is 16.7 Å². The van der Waals surface area contributed by atoms with Gasteiger partial charge in [0.1, 0.15) is 23.9 Å². The molecule has 0 aliphatic carbocycles. The van der Waals surface area contributed by atoms with Gasteiger partial charge in [-0.05, 0) is 29.8 Å². The number of ether oxygens (including phenoxy) is 5. The summed E-state index contributed by atoms with van der Waals surface area (Å²) >= 11 is 0. The van der Waals surface area contributed by atoms with Crippen molar-refractivity contribution >= 4 is 5.78 Å². The van der Waals surface area contributed by atoms with E-state index in [-0.39, 0.29) is 19.2 Å². The molecule has 2 heterocycles. The van der Waals surface area contributed by atoms with E-state index in [1.807, 2.05) is 36.4 Å². The largest absolute Gasteiger partial charge is 0.497 e. The van der Waals surface area contributed by atoms with E-state index in [4.69, 9.17) is 23.7 Å². The number of hydrogen-bond acceptors (Lipinski definition) is 6. The highest BCUT2D eigenvalue weighted by Gasteiger charge is 2.27. The monoisotopic (exact) mass is 390 g/mol. The molecule has 146 valence electrons. The zero-order chi connectivity index (χ0) is 20.0. The summed E-state index contributed by atoms with van der Waals surface area (Å²) < 4.78 is 27.6. The van der Waals surface area contributed by atoms with Crippen LogP contribution in [0, 0.1) is 0 Å². The van der Waals surface area contributed by atoms with Crippen LogP contribution >= 0.6 is 0 Å². The summed E-state index contributed by atoms with van der Waals surface area (Å²) in [4.78, 5) is 13.2. The van der Waals surface area contributed by atoms with E-state index < -0.39 is 0 Å². The van der Waals surface area contributed by atoms with Crippen LogP contribution in [0.3, 0.4) is 0 Å². The summed E-state index contributed by atoms with van der Waals surface area (Å²) in [6, 6.07) is 14.8. The highest BCUT2D eigenvalue weighted by molar-refractivity contribution is 6.12. The predicted molar refractivity (Wildman–Crippen MR) is 105 cm³/mol. The van der Waals surface area contributed by atoms with Gasteiger partial charge in [0.15, 0.2) is 17.3 Å². The van der Waals surface area contributed by atoms with Crippen LogP contribution in [0.15, 0.2) is 48.5 Å². The standard InChI is InChI=1S/C23H18O6/c1-25-15-4-6-16(19(8-15)26-2)13-3-5-17-14(7-13)11-27-20-10-22-21(28-12-29-22)9-18(20)23(17)24/h3-10H,11-12H2,1-2H3. The van der Waals surface area contributed by atoms with Crippen molar-refractivity contribution in [1.82, 2.24) is 0 Å². The fourth-order valence-corrected chi connectivity index (χ4v) is 3.66. The minimum Gasteiger partial charge on any atom is -0.497 e. The average Bonchev–Trinajstić information content (AvgIpc) is 3.18. The summed E-state index contributed by atoms with van der Waals surface area (Å²) in [5, 5.41) is 0. The van der Waals surface area contributed by atoms with Gasteiger partial charge >= 0.3 is 0 Å². The van der Waals surface area contributed by atoms with E-state index in [2.05, 4.69) is 0 Å². The normalized spacial score (nSPS) is 13.8. The van der Waals surface area contributed by atoms with Crippen LogP contribution < -0.4 is 23.7 Å². The van der Waals surface area contributed by atoms with E-state index in [1.54, 1.807) is 26.4 Å². The lowest BCUT2D eigenvalue weighted by molar-refractivity contribution is 0.103. The molecule has 5 rings (SSSR count). The van der Waals surface area contributed by atoms with Crippen molar-refractivity contribution in [3.8, 4) is 39.9 Å². The molecule has 0 N–H and O–H groups in total. The fraction of sp³-hybridized carbons (Fsp3) is 0.174. The lowest BCUT2D eigenvalue weighted by Gasteiger charge is -2.13. The van der Waals surface area contributed by atoms with Crippen LogP contribution in [-0.2, 0) is 6.61 Å². The molecule has 0 unspecified atom stereocenters. The number of methoxy groups -OCH3 is 2. The Kier molecular flexibility index (Phi) is 4.05. The molecule has 0 spiro atoms. The molecule has 0 atom stereocenters. The van der Waals surface area contributed by atoms with Crippen molar-refractivity contribution in [2.75, 3.05) is 21.0 Å². The number of fused-ring (bicyclic) bond motifs is 3. The Balaban J connectivity index is 1.57. The Bertz CT molecular complexity index is 1130. The van der Waals surface area contributed by atoms with E-state index in [1.165, 1.54) is 0 Å². The Labute approximate surface area is 167 Å². The fourth-order valence-electron chi connectivity index (χ4n) is 3.66. The Hall–Kier alpha value is -3.67. The average molecular weight is 390 g/mol. The van der Waals surface area contributed by atoms with Crippen LogP contribution in [0.1, 0.15) is 21.5 Å². The SMILES string of the molecule is COc1ccc(-c2ccc3c(c2)COc2cc4c(cc2C3=O)OCO4)c(OC)c1. The quantitative estimate of drug-likeness (QED) is 0.667. The number of carbonyl (C=O) groups excluding carboxylic acids is 1. The molecule has 3 aromatic carbocycles. The third-order valence-electron chi connectivity index (χ3n) is 5.17. The number of rotatable bonds is 3. The number of hydrogen-bond donors (Lipinski definition) is 0. The van der Waals surface area contributed by atoms with E-state index >= 15 is 0 Å². The van der Waals surface area contributed by atoms with E-state index in [9.17, 15) is 4.79 Å². The van der Waals surface area contributed by atoms with Crippen LogP contribution in [0.4, 0.5) is 0 Å². The maximum Gasteiger partial charge on any atom is 0.231 e. The topological polar surface area (TPSA) is 63.2 Å². The molecule has 0 aromatic heterocycles. The maximum absolute atomic E-state index is 13.2. The molecule has 0 saturated carbocycles. The van der Waals surface area contributed by atoms with Gasteiger partial charge in [0.25, 0.3) is 0 Å². The Morgan fingerprint density at radius 2 is 1.55 bits per heavy atom. The minimum atomic E-state index is -0.0981. The van der Waals surface area contributed by atoms with Gasteiger partial charge in [-0.15, -0.1) is 0 Å². The molecule has 2 aliphatic rings. The van der Waals surface area contributed by atoms with Crippen molar-refractivity contribution in [3.05, 3.63) is 65.2 Å². The zero-order valence-electron chi connectivity index (χ0n) is 16.0. The molecule has 0 bridgehead atoms. The van der Waals surface area contributed by atoms with Gasteiger partial charge in [0, 0.05) is 28.8 Å². The van der Waals surface area contributed by atoms with Gasteiger partial charge in [0.05, 0.1) is 19.8 Å². The lowest BCUT2D eigenvalue weighted by atomic mass is 9.94. The van der Waals surface area contributed by atoms with Crippen molar-refractivity contribution in [2.24, 2.45) is 0 Å². The van der Waals surface area contributed by atoms with Gasteiger partial charge in [-0.1, -0.05) is 12.1 Å². The molecular weight excluding hydrogens is 372 g/mol. The lowest BCUT2D eigenvalue weighted by Crippen LogP contribution is -2.03. The van der Waals surface area contributed by atoms with Crippen LogP contribution in [0.25, 0.3) is 11.1 Å². The molecule has 0 radical (unpaired) electrons. The first-order chi connectivity index (χ1) is 14.2. The third kappa shape index (κ3) is 2.84. The smallest absolute Gasteiger partial charge is 0.231 e. The van der Waals surface area contributed by atoms with Crippen molar-refractivity contribution in [2.45, 2.75) is 6.61 Å². The molecule has 0 fully saturated rings. The predicted octanol–water partition coefficient (Wildman–Crippen LogP) is 4.22. The third-order valence-corrected chi connectivity index (χ3v) is 5.17. The Morgan fingerprint density at radius 1 is 0.759 bits per heavy atom. The number of carbonyl (C=O) groups is 1. The minimum absolute atomic E-state index is 0.0981. The maximum atomic E-state index is 13.2. The highest BCUT2D eigenvalue weighted by Crippen LogP contribution is 2.41. The summed E-state index contributed by atoms with van der Waals surface area (Å²) in [7, 11) is 3.23. The van der Waals surface area contributed by atoms with Gasteiger partial charge in [-0.25, -0.2) is 0 Å². The second-order valence-corrected chi connectivity index (χ2v) is 6.76. The first-order valence-corrected chi connectivity index (χ1v) is 9.14. The first kappa shape index (κ1) is 17.4. The zero-order valence-corrected chi connectivity index (χ0v) is 16.0. The molecular formula is C23H18O6. The number of benzene rings is 3. The van der Waals surface area contributed by atoms with Gasteiger partial charge in [-0.3, -0.25) is 4.79 Å². The second-order valence-electron chi connectivity index (χ2n) is 6.76. The van der Waals surface area contributed by atoms with Gasteiger partial charge < -0.3 is 23.7 Å². The highest BCUT2D eigenvalue weighted by atomic mass is 16.7. The summed E-state index contributed by atoms with van der Waals surface area (Å²) in [6.45, 7) is 0.427. The molecule has 0 amide bonds. The van der Waals surface area contributed by atoms with Gasteiger partial charge in [-0.2, -0.15) is 0 Å². The summed E-state index contributed by atoms with van der Waals surface area (Å²) in [5.74, 6) is 2.96. The van der Waals surface area contributed by atoms with Crippen LogP contribution in [0.2, 0.25) is 0 Å². The van der Waals surface area contributed by atoms with Crippen molar-refractivity contribution < 1.29 is 28.5 Å². The van der Waals surface area contributed by atoms with Crippen molar-refractivity contribution in [1.29, 1.82) is 0 Å². The van der Waals surface area contributed by atoms with Crippen molar-refractivity contribution in [3.63, 3.8) is 0 Å². The molecule has 29 heavy (non-hydrogen) atoms. The molecule has 3 aromatic rings. The summed E-state index contributed by atoms with van der Waals surface area (Å²) in [5.41, 5.74) is 3.73.